The first-order valence-electron chi connectivity index (χ1n) is 12.6. The van der Waals surface area contributed by atoms with E-state index in [9.17, 15) is 14.3 Å². The molecule has 0 atom stereocenters. The van der Waals surface area contributed by atoms with E-state index >= 15 is 0 Å². The number of fused-ring (bicyclic) bond motifs is 1. The number of nitrogens with zero attached hydrogens (tertiary/aromatic N) is 3. The van der Waals surface area contributed by atoms with Crippen LogP contribution in [-0.2, 0) is 19.4 Å². The lowest BCUT2D eigenvalue weighted by atomic mass is 9.88. The third kappa shape index (κ3) is 5.08. The Hall–Kier alpha value is -3.25. The summed E-state index contributed by atoms with van der Waals surface area (Å²) in [6, 6.07) is 13.9. The van der Waals surface area contributed by atoms with Gasteiger partial charge in [-0.1, -0.05) is 29.8 Å². The van der Waals surface area contributed by atoms with Crippen molar-refractivity contribution in [1.82, 2.24) is 14.5 Å². The minimum atomic E-state index is -0.249. The van der Waals surface area contributed by atoms with Crippen LogP contribution in [0.1, 0.15) is 53.9 Å². The fourth-order valence-electron chi connectivity index (χ4n) is 5.40. The van der Waals surface area contributed by atoms with Gasteiger partial charge in [0.2, 0.25) is 0 Å². The molecule has 3 aromatic rings. The summed E-state index contributed by atoms with van der Waals surface area (Å²) in [4.78, 5) is 20.2. The molecule has 0 unspecified atom stereocenters. The Kier molecular flexibility index (Phi) is 6.82. The van der Waals surface area contributed by atoms with E-state index in [0.717, 1.165) is 98.5 Å². The summed E-state index contributed by atoms with van der Waals surface area (Å²) in [5, 5.41) is 9.75. The summed E-state index contributed by atoms with van der Waals surface area (Å²) in [6.07, 6.45) is 5.60. The van der Waals surface area contributed by atoms with Crippen molar-refractivity contribution in [2.24, 2.45) is 0 Å². The Bertz CT molecular complexity index is 1240. The number of hydrogen-bond acceptors (Lipinski definition) is 4. The van der Waals surface area contributed by atoms with Crippen LogP contribution in [0, 0.1) is 12.7 Å². The molecule has 5 rings (SSSR count). The number of halogens is 1. The SMILES string of the molecule is Cc1nc2n(c(=O)c1CCN1CCC(=C(c3ccc(O)cc3)c3ccc(F)cc3)CC1)CCCC2. The van der Waals surface area contributed by atoms with Gasteiger partial charge in [-0.05, 0) is 80.0 Å². The van der Waals surface area contributed by atoms with Crippen molar-refractivity contribution in [3.05, 3.63) is 98.5 Å². The lowest BCUT2D eigenvalue weighted by molar-refractivity contribution is 0.259. The molecule has 2 aliphatic rings. The number of likely N-dealkylation sites (tertiary alicyclic amines) is 1. The summed E-state index contributed by atoms with van der Waals surface area (Å²) < 4.78 is 15.5. The van der Waals surface area contributed by atoms with Gasteiger partial charge in [0.1, 0.15) is 17.4 Å². The number of piperidine rings is 1. The van der Waals surface area contributed by atoms with Crippen LogP contribution in [0.5, 0.6) is 5.75 Å². The molecule has 182 valence electrons. The van der Waals surface area contributed by atoms with Crippen LogP contribution >= 0.6 is 0 Å². The second-order valence-corrected chi connectivity index (χ2v) is 9.63. The summed E-state index contributed by atoms with van der Waals surface area (Å²) in [7, 11) is 0. The van der Waals surface area contributed by atoms with Gasteiger partial charge in [-0.15, -0.1) is 0 Å². The molecule has 35 heavy (non-hydrogen) atoms. The molecule has 0 spiro atoms. The Balaban J connectivity index is 1.33. The lowest BCUT2D eigenvalue weighted by Gasteiger charge is -2.30. The Morgan fingerprint density at radius 3 is 2.29 bits per heavy atom. The topological polar surface area (TPSA) is 58.4 Å². The quantitative estimate of drug-likeness (QED) is 0.574. The van der Waals surface area contributed by atoms with Crippen LogP contribution in [0.25, 0.3) is 5.57 Å². The number of phenols is 1. The molecule has 1 fully saturated rings. The van der Waals surface area contributed by atoms with Crippen LogP contribution < -0.4 is 5.56 Å². The van der Waals surface area contributed by atoms with Crippen molar-refractivity contribution >= 4 is 5.57 Å². The first kappa shape index (κ1) is 23.5. The van der Waals surface area contributed by atoms with Gasteiger partial charge in [0.25, 0.3) is 5.56 Å². The molecule has 1 saturated heterocycles. The van der Waals surface area contributed by atoms with Gasteiger partial charge in [-0.3, -0.25) is 9.36 Å². The van der Waals surface area contributed by atoms with Crippen LogP contribution in [0.15, 0.2) is 58.9 Å². The highest BCUT2D eigenvalue weighted by atomic mass is 19.1. The van der Waals surface area contributed by atoms with Crippen molar-refractivity contribution in [2.75, 3.05) is 19.6 Å². The highest BCUT2D eigenvalue weighted by Crippen LogP contribution is 2.33. The highest BCUT2D eigenvalue weighted by molar-refractivity contribution is 5.82. The number of aromatic nitrogens is 2. The standard InChI is InChI=1S/C29H32FN3O2/c1-20-26(29(35)33-16-3-2-4-27(33)31-20)15-19-32-17-13-23(14-18-32)28(21-5-9-24(30)10-6-21)22-7-11-25(34)12-8-22/h5-12,34H,2-4,13-19H2,1H3. The molecule has 0 aliphatic carbocycles. The summed E-state index contributed by atoms with van der Waals surface area (Å²) >= 11 is 0. The van der Waals surface area contributed by atoms with Crippen LogP contribution in [0.2, 0.25) is 0 Å². The van der Waals surface area contributed by atoms with Crippen molar-refractivity contribution < 1.29 is 9.50 Å². The van der Waals surface area contributed by atoms with E-state index in [2.05, 4.69) is 4.90 Å². The first-order valence-corrected chi connectivity index (χ1v) is 12.6. The Labute approximate surface area is 205 Å². The fraction of sp³-hybridized carbons (Fsp3) is 0.379. The number of rotatable bonds is 5. The normalized spacial score (nSPS) is 16.2. The van der Waals surface area contributed by atoms with Crippen molar-refractivity contribution in [3.63, 3.8) is 0 Å². The molecule has 1 N–H and O–H groups in total. The average Bonchev–Trinajstić information content (AvgIpc) is 2.87. The van der Waals surface area contributed by atoms with Crippen LogP contribution in [0.4, 0.5) is 4.39 Å². The number of benzene rings is 2. The molecule has 5 nitrogen and oxygen atoms in total. The van der Waals surface area contributed by atoms with Gasteiger partial charge < -0.3 is 10.0 Å². The number of aromatic hydroxyl groups is 1. The Morgan fingerprint density at radius 2 is 1.60 bits per heavy atom. The van der Waals surface area contributed by atoms with Gasteiger partial charge in [-0.25, -0.2) is 9.37 Å². The maximum atomic E-state index is 13.6. The molecule has 0 saturated carbocycles. The predicted octanol–water partition coefficient (Wildman–Crippen LogP) is 4.87. The van der Waals surface area contributed by atoms with Gasteiger partial charge in [-0.2, -0.15) is 0 Å². The third-order valence-corrected chi connectivity index (χ3v) is 7.36. The first-order chi connectivity index (χ1) is 17.0. The van der Waals surface area contributed by atoms with Gasteiger partial charge in [0.15, 0.2) is 0 Å². The molecule has 2 aliphatic heterocycles. The molecule has 1 aromatic heterocycles. The van der Waals surface area contributed by atoms with E-state index in [-0.39, 0.29) is 17.1 Å². The maximum absolute atomic E-state index is 13.6. The van der Waals surface area contributed by atoms with E-state index in [1.807, 2.05) is 35.8 Å². The maximum Gasteiger partial charge on any atom is 0.256 e. The molecule has 3 heterocycles. The monoisotopic (exact) mass is 473 g/mol. The predicted molar refractivity (Wildman–Crippen MR) is 136 cm³/mol. The molecule has 2 aromatic carbocycles. The second-order valence-electron chi connectivity index (χ2n) is 9.63. The highest BCUT2D eigenvalue weighted by Gasteiger charge is 2.21. The zero-order valence-corrected chi connectivity index (χ0v) is 20.3. The van der Waals surface area contributed by atoms with Crippen molar-refractivity contribution in [2.45, 2.75) is 52.0 Å². The molecule has 6 heteroatoms. The summed E-state index contributed by atoms with van der Waals surface area (Å²) in [5.41, 5.74) is 6.37. The summed E-state index contributed by atoms with van der Waals surface area (Å²) in [6.45, 7) is 5.43. The largest absolute Gasteiger partial charge is 0.508 e. The molecular weight excluding hydrogens is 441 g/mol. The van der Waals surface area contributed by atoms with Crippen LogP contribution in [0.3, 0.4) is 0 Å². The smallest absolute Gasteiger partial charge is 0.256 e. The Morgan fingerprint density at radius 1 is 0.943 bits per heavy atom. The zero-order chi connectivity index (χ0) is 24.4. The fourth-order valence-corrected chi connectivity index (χ4v) is 5.40. The van der Waals surface area contributed by atoms with Gasteiger partial charge in [0, 0.05) is 43.9 Å². The number of phenolic OH excluding ortho intramolecular Hbond substituents is 1. The molecular formula is C29H32FN3O2. The minimum absolute atomic E-state index is 0.149. The lowest BCUT2D eigenvalue weighted by Crippen LogP contribution is -2.36. The van der Waals surface area contributed by atoms with Crippen molar-refractivity contribution in [3.8, 4) is 5.75 Å². The van der Waals surface area contributed by atoms with E-state index in [1.54, 1.807) is 12.1 Å². The van der Waals surface area contributed by atoms with Crippen molar-refractivity contribution in [1.29, 1.82) is 0 Å². The minimum Gasteiger partial charge on any atom is -0.508 e. The van der Waals surface area contributed by atoms with Gasteiger partial charge >= 0.3 is 0 Å². The van der Waals surface area contributed by atoms with E-state index < -0.39 is 0 Å². The molecule has 0 radical (unpaired) electrons. The van der Waals surface area contributed by atoms with E-state index in [1.165, 1.54) is 17.7 Å². The van der Waals surface area contributed by atoms with E-state index in [4.69, 9.17) is 4.98 Å². The number of aryl methyl sites for hydroxylation is 2. The summed E-state index contributed by atoms with van der Waals surface area (Å²) in [5.74, 6) is 0.925. The average molecular weight is 474 g/mol. The molecule has 0 bridgehead atoms. The van der Waals surface area contributed by atoms with Crippen LogP contribution in [-0.4, -0.2) is 39.2 Å². The third-order valence-electron chi connectivity index (χ3n) is 7.36. The molecule has 0 amide bonds. The van der Waals surface area contributed by atoms with E-state index in [0.29, 0.717) is 0 Å². The zero-order valence-electron chi connectivity index (χ0n) is 20.3. The number of hydrogen-bond donors (Lipinski definition) is 1. The second kappa shape index (κ2) is 10.2. The van der Waals surface area contributed by atoms with Gasteiger partial charge in [0.05, 0.1) is 0 Å².